The highest BCUT2D eigenvalue weighted by Crippen LogP contribution is 2.30. The van der Waals surface area contributed by atoms with Crippen molar-refractivity contribution in [3.8, 4) is 23.1 Å². The Morgan fingerprint density at radius 2 is 1.81 bits per heavy atom. The summed E-state index contributed by atoms with van der Waals surface area (Å²) in [6.07, 6.45) is 1.89. The number of hydrogen-bond acceptors (Lipinski definition) is 3. The van der Waals surface area contributed by atoms with Gasteiger partial charge in [-0.3, -0.25) is 10.3 Å². The summed E-state index contributed by atoms with van der Waals surface area (Å²) in [6, 6.07) is 14.4. The van der Waals surface area contributed by atoms with E-state index in [-0.39, 0.29) is 0 Å². The first kappa shape index (κ1) is 19.2. The third-order valence-electron chi connectivity index (χ3n) is 3.72. The van der Waals surface area contributed by atoms with Crippen LogP contribution >= 0.6 is 34.8 Å². The lowest BCUT2D eigenvalue weighted by Gasteiger charge is -2.10. The fraction of sp³-hybridized carbons (Fsp3) is 0.105. The Morgan fingerprint density at radius 3 is 2.44 bits per heavy atom. The number of benzene rings is 2. The van der Waals surface area contributed by atoms with Crippen LogP contribution in [0.25, 0.3) is 16.9 Å². The molecule has 3 aromatic rings. The molecule has 0 radical (unpaired) electrons. The van der Waals surface area contributed by atoms with Crippen molar-refractivity contribution in [3.05, 3.63) is 69.3 Å². The smallest absolute Gasteiger partial charge is 0.182 e. The zero-order valence-electron chi connectivity index (χ0n) is 14.2. The van der Waals surface area contributed by atoms with Crippen molar-refractivity contribution in [2.24, 2.45) is 4.99 Å². The number of nitrogens with zero attached hydrogens (tertiary/aromatic N) is 4. The first-order valence-corrected chi connectivity index (χ1v) is 9.18. The largest absolute Gasteiger partial charge is 0.275 e. The number of rotatable bonds is 4. The van der Waals surface area contributed by atoms with Crippen molar-refractivity contribution >= 4 is 40.6 Å². The van der Waals surface area contributed by atoms with E-state index in [0.717, 1.165) is 11.3 Å². The molecule has 0 fully saturated rings. The second-order valence-electron chi connectivity index (χ2n) is 5.49. The number of nitriles is 1. The lowest BCUT2D eigenvalue weighted by atomic mass is 10.1. The van der Waals surface area contributed by atoms with Crippen molar-refractivity contribution in [2.75, 3.05) is 6.54 Å². The lowest BCUT2D eigenvalue weighted by molar-refractivity contribution is 0.879. The molecule has 2 aromatic carbocycles. The van der Waals surface area contributed by atoms with E-state index in [1.54, 1.807) is 35.0 Å². The molecular formula is C19H14Cl3N5. The van der Waals surface area contributed by atoms with Gasteiger partial charge in [0.25, 0.3) is 0 Å². The zero-order valence-corrected chi connectivity index (χ0v) is 16.5. The maximum absolute atomic E-state index is 9.01. The molecule has 3 rings (SSSR count). The van der Waals surface area contributed by atoms with Gasteiger partial charge in [0.2, 0.25) is 0 Å². The zero-order chi connectivity index (χ0) is 19.4. The van der Waals surface area contributed by atoms with Gasteiger partial charge in [0.05, 0.1) is 16.4 Å². The first-order valence-electron chi connectivity index (χ1n) is 8.05. The van der Waals surface area contributed by atoms with Crippen LogP contribution in [0.1, 0.15) is 12.6 Å². The summed E-state index contributed by atoms with van der Waals surface area (Å²) in [5.74, 6) is 0.388. The van der Waals surface area contributed by atoms with E-state index >= 15 is 0 Å². The van der Waals surface area contributed by atoms with Crippen molar-refractivity contribution < 1.29 is 0 Å². The van der Waals surface area contributed by atoms with Gasteiger partial charge >= 0.3 is 0 Å². The second-order valence-corrected chi connectivity index (χ2v) is 6.77. The molecular weight excluding hydrogens is 405 g/mol. The van der Waals surface area contributed by atoms with Crippen LogP contribution in [0, 0.1) is 11.5 Å². The topological polar surface area (TPSA) is 66.0 Å². The normalized spacial score (nSPS) is 11.3. The quantitative estimate of drug-likeness (QED) is 0.269. The molecule has 0 aliphatic heterocycles. The molecule has 1 aromatic heterocycles. The van der Waals surface area contributed by atoms with Gasteiger partial charge < -0.3 is 0 Å². The van der Waals surface area contributed by atoms with E-state index in [9.17, 15) is 0 Å². The minimum atomic E-state index is 0.388. The molecule has 0 saturated heterocycles. The Labute approximate surface area is 171 Å². The van der Waals surface area contributed by atoms with Crippen molar-refractivity contribution in [2.45, 2.75) is 6.92 Å². The number of halogens is 3. The molecule has 0 atom stereocenters. The lowest BCUT2D eigenvalue weighted by Crippen LogP contribution is -2.20. The first-order chi connectivity index (χ1) is 13.0. The molecule has 0 aliphatic rings. The number of hydrogen-bond donors (Lipinski definition) is 1. The van der Waals surface area contributed by atoms with Crippen LogP contribution in [-0.2, 0) is 0 Å². The van der Waals surface area contributed by atoms with Crippen LogP contribution in [0.3, 0.4) is 0 Å². The van der Waals surface area contributed by atoms with E-state index in [0.29, 0.717) is 38.8 Å². The molecule has 0 saturated carbocycles. The maximum atomic E-state index is 9.01. The number of aromatic nitrogens is 2. The van der Waals surface area contributed by atoms with Crippen molar-refractivity contribution in [1.82, 2.24) is 15.1 Å². The Morgan fingerprint density at radius 1 is 1.11 bits per heavy atom. The van der Waals surface area contributed by atoms with Gasteiger partial charge in [-0.2, -0.15) is 10.4 Å². The number of amidine groups is 1. The van der Waals surface area contributed by atoms with E-state index in [1.165, 1.54) is 0 Å². The van der Waals surface area contributed by atoms with Gasteiger partial charge in [-0.25, -0.2) is 4.68 Å². The van der Waals surface area contributed by atoms with Crippen molar-refractivity contribution in [3.63, 3.8) is 0 Å². The third-order valence-corrected chi connectivity index (χ3v) is 4.51. The summed E-state index contributed by atoms with van der Waals surface area (Å²) in [7, 11) is 0. The second kappa shape index (κ2) is 8.45. The van der Waals surface area contributed by atoms with Crippen LogP contribution in [0.4, 0.5) is 0 Å². The van der Waals surface area contributed by atoms with Gasteiger partial charge in [-0.1, -0.05) is 46.9 Å². The highest BCUT2D eigenvalue weighted by Gasteiger charge is 2.17. The SMILES string of the molecule is CCN=C(NC#N)c1cc(-c2ccc(Cl)cc2)n(-c2ccc(Cl)cc2Cl)n1. The summed E-state index contributed by atoms with van der Waals surface area (Å²) in [4.78, 5) is 4.31. The molecule has 0 amide bonds. The van der Waals surface area contributed by atoms with Crippen LogP contribution in [0.5, 0.6) is 0 Å². The predicted octanol–water partition coefficient (Wildman–Crippen LogP) is 5.34. The van der Waals surface area contributed by atoms with Gasteiger partial charge in [0.1, 0.15) is 5.69 Å². The summed E-state index contributed by atoms with van der Waals surface area (Å²) in [5.41, 5.74) is 2.84. The minimum Gasteiger partial charge on any atom is -0.275 e. The Kier molecular flexibility index (Phi) is 6.02. The van der Waals surface area contributed by atoms with Crippen LogP contribution in [0.2, 0.25) is 15.1 Å². The van der Waals surface area contributed by atoms with Gasteiger partial charge in [-0.05, 0) is 43.3 Å². The summed E-state index contributed by atoms with van der Waals surface area (Å²) in [6.45, 7) is 2.39. The van der Waals surface area contributed by atoms with Crippen LogP contribution < -0.4 is 5.32 Å². The standard InChI is InChI=1S/C19H14Cl3N5/c1-2-24-19(25-11-23)16-10-18(12-3-5-13(20)6-4-12)27(26-16)17-8-7-14(21)9-15(17)22/h3-10H,2H2,1H3,(H,24,25). The average Bonchev–Trinajstić information content (AvgIpc) is 3.07. The number of aliphatic imine (C=N–C) groups is 1. The molecule has 8 heteroatoms. The highest BCUT2D eigenvalue weighted by molar-refractivity contribution is 6.35. The van der Waals surface area contributed by atoms with Crippen molar-refractivity contribution in [1.29, 1.82) is 5.26 Å². The maximum Gasteiger partial charge on any atom is 0.182 e. The number of nitrogens with one attached hydrogen (secondary N) is 1. The summed E-state index contributed by atoms with van der Waals surface area (Å²) >= 11 is 18.4. The van der Waals surface area contributed by atoms with E-state index in [2.05, 4.69) is 15.4 Å². The average molecular weight is 419 g/mol. The molecule has 27 heavy (non-hydrogen) atoms. The molecule has 0 bridgehead atoms. The Balaban J connectivity index is 2.22. The monoisotopic (exact) mass is 417 g/mol. The minimum absolute atomic E-state index is 0.388. The fourth-order valence-electron chi connectivity index (χ4n) is 2.56. The Bertz CT molecular complexity index is 1030. The molecule has 5 nitrogen and oxygen atoms in total. The van der Waals surface area contributed by atoms with E-state index in [4.69, 9.17) is 40.1 Å². The van der Waals surface area contributed by atoms with Crippen LogP contribution in [0.15, 0.2) is 53.5 Å². The van der Waals surface area contributed by atoms with Gasteiger partial charge in [0.15, 0.2) is 12.0 Å². The van der Waals surface area contributed by atoms with E-state index < -0.39 is 0 Å². The summed E-state index contributed by atoms with van der Waals surface area (Å²) in [5, 5.41) is 17.8. The molecule has 136 valence electrons. The Hall–Kier alpha value is -2.52. The molecule has 0 spiro atoms. The van der Waals surface area contributed by atoms with Gasteiger partial charge in [-0.15, -0.1) is 0 Å². The molecule has 0 aliphatic carbocycles. The summed E-state index contributed by atoms with van der Waals surface area (Å²) < 4.78 is 1.70. The highest BCUT2D eigenvalue weighted by atomic mass is 35.5. The molecule has 1 heterocycles. The molecule has 0 unspecified atom stereocenters. The third kappa shape index (κ3) is 4.25. The van der Waals surface area contributed by atoms with E-state index in [1.807, 2.05) is 31.3 Å². The fourth-order valence-corrected chi connectivity index (χ4v) is 3.17. The van der Waals surface area contributed by atoms with Crippen LogP contribution in [-0.4, -0.2) is 22.2 Å². The predicted molar refractivity (Wildman–Crippen MR) is 110 cm³/mol. The molecule has 1 N–H and O–H groups in total. The van der Waals surface area contributed by atoms with Gasteiger partial charge in [0, 0.05) is 22.2 Å².